The maximum atomic E-state index is 14.4. The van der Waals surface area contributed by atoms with Gasteiger partial charge in [0.2, 0.25) is 0 Å². The molecule has 0 saturated carbocycles. The number of nitrogens with zero attached hydrogens (tertiary/aromatic N) is 2. The second kappa shape index (κ2) is 9.31. The van der Waals surface area contributed by atoms with Gasteiger partial charge in [-0.1, -0.05) is 12.1 Å². The number of primary amides is 1. The maximum Gasteiger partial charge on any atom is 0.251 e. The van der Waals surface area contributed by atoms with E-state index in [0.717, 1.165) is 60.2 Å². The van der Waals surface area contributed by atoms with Crippen LogP contribution in [0.15, 0.2) is 48.5 Å². The molecule has 2 N–H and O–H groups in total. The number of hydrogen-bond acceptors (Lipinski definition) is 4. The van der Waals surface area contributed by atoms with E-state index in [4.69, 9.17) is 10.5 Å². The van der Waals surface area contributed by atoms with Crippen molar-refractivity contribution in [2.24, 2.45) is 5.73 Å². The van der Waals surface area contributed by atoms with Crippen molar-refractivity contribution in [3.63, 3.8) is 0 Å². The summed E-state index contributed by atoms with van der Waals surface area (Å²) in [7, 11) is 0. The van der Waals surface area contributed by atoms with Gasteiger partial charge in [0, 0.05) is 43.3 Å². The average Bonchev–Trinajstić information content (AvgIpc) is 2.82. The van der Waals surface area contributed by atoms with Crippen LogP contribution in [0.2, 0.25) is 0 Å². The Morgan fingerprint density at radius 1 is 1.15 bits per heavy atom. The van der Waals surface area contributed by atoms with E-state index in [1.54, 1.807) is 12.1 Å². The van der Waals surface area contributed by atoms with Gasteiger partial charge >= 0.3 is 0 Å². The number of anilines is 1. The molecule has 0 aromatic heterocycles. The molecule has 1 saturated heterocycles. The maximum absolute atomic E-state index is 14.4. The SMILES string of the molecule is C[C@@H]1CN(c2cccc3cc(F)ccc23)CCN1CC[C@@H]1OCCc2cc(C(N)=O)c(F)cc21. The Kier molecular flexibility index (Phi) is 6.23. The number of halogens is 2. The summed E-state index contributed by atoms with van der Waals surface area (Å²) in [5.74, 6) is -1.55. The number of carbonyl (C=O) groups excluding carboxylic acids is 1. The summed E-state index contributed by atoms with van der Waals surface area (Å²) in [5, 5.41) is 1.97. The predicted octanol–water partition coefficient (Wildman–Crippen LogP) is 4.43. The molecule has 2 aliphatic heterocycles. The van der Waals surface area contributed by atoms with Crippen molar-refractivity contribution in [3.05, 3.63) is 76.9 Å². The molecule has 5 rings (SSSR count). The molecule has 0 aliphatic carbocycles. The lowest BCUT2D eigenvalue weighted by Gasteiger charge is -2.42. The molecular weight excluding hydrogens is 436 g/mol. The highest BCUT2D eigenvalue weighted by Crippen LogP contribution is 2.33. The van der Waals surface area contributed by atoms with Gasteiger partial charge in [0.25, 0.3) is 5.91 Å². The zero-order chi connectivity index (χ0) is 23.8. The molecule has 2 heterocycles. The first kappa shape index (κ1) is 22.7. The highest BCUT2D eigenvalue weighted by atomic mass is 19.1. The number of carbonyl (C=O) groups is 1. The normalized spacial score (nSPS) is 21.0. The number of nitrogens with two attached hydrogens (primary N) is 1. The lowest BCUT2D eigenvalue weighted by Crippen LogP contribution is -2.52. The Balaban J connectivity index is 1.26. The zero-order valence-electron chi connectivity index (χ0n) is 19.3. The second-order valence-electron chi connectivity index (χ2n) is 9.27. The average molecular weight is 466 g/mol. The Morgan fingerprint density at radius 2 is 2.00 bits per heavy atom. The van der Waals surface area contributed by atoms with Crippen LogP contribution in [0, 0.1) is 11.6 Å². The van der Waals surface area contributed by atoms with Crippen molar-refractivity contribution in [1.82, 2.24) is 4.90 Å². The van der Waals surface area contributed by atoms with Crippen molar-refractivity contribution in [1.29, 1.82) is 0 Å². The fraction of sp³-hybridized carbons (Fsp3) is 0.370. The van der Waals surface area contributed by atoms with Gasteiger partial charge in [0.15, 0.2) is 0 Å². The van der Waals surface area contributed by atoms with Crippen LogP contribution in [-0.2, 0) is 11.2 Å². The fourth-order valence-electron chi connectivity index (χ4n) is 5.32. The molecule has 0 spiro atoms. The Labute approximate surface area is 198 Å². The molecule has 3 aromatic carbocycles. The van der Waals surface area contributed by atoms with Crippen LogP contribution in [0.5, 0.6) is 0 Å². The molecule has 7 heteroatoms. The summed E-state index contributed by atoms with van der Waals surface area (Å²) >= 11 is 0. The Hall–Kier alpha value is -3.03. The third-order valence-electron chi connectivity index (χ3n) is 7.14. The summed E-state index contributed by atoms with van der Waals surface area (Å²) < 4.78 is 34.0. The number of piperazine rings is 1. The van der Waals surface area contributed by atoms with Crippen LogP contribution in [-0.4, -0.2) is 49.6 Å². The van der Waals surface area contributed by atoms with Gasteiger partial charge in [-0.05, 0) is 72.7 Å². The number of hydrogen-bond donors (Lipinski definition) is 1. The van der Waals surface area contributed by atoms with E-state index in [1.165, 1.54) is 12.1 Å². The number of benzene rings is 3. The van der Waals surface area contributed by atoms with Crippen molar-refractivity contribution >= 4 is 22.4 Å². The van der Waals surface area contributed by atoms with Gasteiger partial charge in [-0.2, -0.15) is 0 Å². The molecule has 2 aliphatic rings. The lowest BCUT2D eigenvalue weighted by molar-refractivity contribution is 0.0252. The fourth-order valence-corrected chi connectivity index (χ4v) is 5.32. The topological polar surface area (TPSA) is 58.8 Å². The van der Waals surface area contributed by atoms with Gasteiger partial charge in [-0.25, -0.2) is 8.78 Å². The summed E-state index contributed by atoms with van der Waals surface area (Å²) in [6.07, 6.45) is 1.20. The van der Waals surface area contributed by atoms with Crippen LogP contribution in [0.3, 0.4) is 0 Å². The zero-order valence-corrected chi connectivity index (χ0v) is 19.3. The van der Waals surface area contributed by atoms with Crippen LogP contribution in [0.1, 0.15) is 40.9 Å². The largest absolute Gasteiger partial charge is 0.373 e. The van der Waals surface area contributed by atoms with E-state index in [9.17, 15) is 13.6 Å². The minimum Gasteiger partial charge on any atom is -0.373 e. The van der Waals surface area contributed by atoms with E-state index in [2.05, 4.69) is 22.8 Å². The summed E-state index contributed by atoms with van der Waals surface area (Å²) in [5.41, 5.74) is 8.15. The van der Waals surface area contributed by atoms with Crippen LogP contribution < -0.4 is 10.6 Å². The van der Waals surface area contributed by atoms with Gasteiger partial charge < -0.3 is 15.4 Å². The summed E-state index contributed by atoms with van der Waals surface area (Å²) in [6, 6.07) is 14.3. The van der Waals surface area contributed by atoms with Gasteiger partial charge in [0.1, 0.15) is 11.6 Å². The monoisotopic (exact) mass is 465 g/mol. The Bertz CT molecular complexity index is 1230. The van der Waals surface area contributed by atoms with E-state index in [-0.39, 0.29) is 17.5 Å². The number of fused-ring (bicyclic) bond motifs is 2. The second-order valence-corrected chi connectivity index (χ2v) is 9.27. The van der Waals surface area contributed by atoms with Crippen LogP contribution >= 0.6 is 0 Å². The molecule has 2 atom stereocenters. The van der Waals surface area contributed by atoms with Crippen LogP contribution in [0.25, 0.3) is 10.8 Å². The van der Waals surface area contributed by atoms with Gasteiger partial charge in [0.05, 0.1) is 18.3 Å². The van der Waals surface area contributed by atoms with Crippen molar-refractivity contribution in [3.8, 4) is 0 Å². The molecule has 1 amide bonds. The highest BCUT2D eigenvalue weighted by Gasteiger charge is 2.28. The number of rotatable bonds is 5. The highest BCUT2D eigenvalue weighted by molar-refractivity contribution is 5.94. The van der Waals surface area contributed by atoms with Gasteiger partial charge in [-0.15, -0.1) is 0 Å². The third kappa shape index (κ3) is 4.38. The van der Waals surface area contributed by atoms with Crippen molar-refractivity contribution < 1.29 is 18.3 Å². The van der Waals surface area contributed by atoms with E-state index >= 15 is 0 Å². The molecule has 34 heavy (non-hydrogen) atoms. The van der Waals surface area contributed by atoms with Crippen LogP contribution in [0.4, 0.5) is 14.5 Å². The van der Waals surface area contributed by atoms with Crippen molar-refractivity contribution in [2.75, 3.05) is 37.7 Å². The Morgan fingerprint density at radius 3 is 2.79 bits per heavy atom. The first-order valence-electron chi connectivity index (χ1n) is 11.8. The predicted molar refractivity (Wildman–Crippen MR) is 129 cm³/mol. The summed E-state index contributed by atoms with van der Waals surface area (Å²) in [4.78, 5) is 16.3. The standard InChI is InChI=1S/C27H29F2N3O2/c1-17-16-32(25-4-2-3-18-13-20(28)5-6-21(18)25)11-10-31(17)9-7-26-22-15-24(29)23(27(30)33)14-19(22)8-12-34-26/h2-6,13-15,17,26H,7-12,16H2,1H3,(H2,30,33)/t17-,26+/m1/s1. The molecule has 0 unspecified atom stereocenters. The molecule has 1 fully saturated rings. The molecular formula is C27H29F2N3O2. The van der Waals surface area contributed by atoms with E-state index in [1.807, 2.05) is 18.2 Å². The molecule has 0 radical (unpaired) electrons. The quantitative estimate of drug-likeness (QED) is 0.606. The molecule has 178 valence electrons. The number of ether oxygens (including phenoxy) is 1. The molecule has 5 nitrogen and oxygen atoms in total. The van der Waals surface area contributed by atoms with Crippen molar-refractivity contribution in [2.45, 2.75) is 31.9 Å². The summed E-state index contributed by atoms with van der Waals surface area (Å²) in [6.45, 7) is 6.24. The minimum atomic E-state index is -0.744. The van der Waals surface area contributed by atoms with E-state index in [0.29, 0.717) is 19.1 Å². The lowest BCUT2D eigenvalue weighted by atomic mass is 9.93. The van der Waals surface area contributed by atoms with Gasteiger partial charge in [-0.3, -0.25) is 9.69 Å². The molecule has 0 bridgehead atoms. The first-order valence-corrected chi connectivity index (χ1v) is 11.8. The number of amides is 1. The van der Waals surface area contributed by atoms with E-state index < -0.39 is 11.7 Å². The first-order chi connectivity index (χ1) is 16.4. The smallest absolute Gasteiger partial charge is 0.251 e. The third-order valence-corrected chi connectivity index (χ3v) is 7.14. The minimum absolute atomic E-state index is 0.0553. The molecule has 3 aromatic rings.